The summed E-state index contributed by atoms with van der Waals surface area (Å²) >= 11 is 0. The number of hydrogen-bond donors (Lipinski definition) is 1. The summed E-state index contributed by atoms with van der Waals surface area (Å²) in [5, 5.41) is 12.3. The number of carbonyl (C=O) groups is 1. The molecule has 0 atom stereocenters. The van der Waals surface area contributed by atoms with E-state index in [-0.39, 0.29) is 29.2 Å². The van der Waals surface area contributed by atoms with E-state index in [9.17, 15) is 9.18 Å². The van der Waals surface area contributed by atoms with Crippen LogP contribution in [0, 0.1) is 5.82 Å². The summed E-state index contributed by atoms with van der Waals surface area (Å²) in [5.41, 5.74) is 0.446. The average Bonchev–Trinajstić information content (AvgIpc) is 2.91. The van der Waals surface area contributed by atoms with Gasteiger partial charge in [-0.2, -0.15) is 0 Å². The van der Waals surface area contributed by atoms with Crippen LogP contribution in [0.5, 0.6) is 5.75 Å². The number of ether oxygens (including phenoxy) is 2. The van der Waals surface area contributed by atoms with Crippen LogP contribution in [-0.2, 0) is 11.3 Å². The zero-order valence-corrected chi connectivity index (χ0v) is 10.8. The molecule has 0 saturated carbocycles. The van der Waals surface area contributed by atoms with Gasteiger partial charge in [-0.1, -0.05) is 5.16 Å². The zero-order chi connectivity index (χ0) is 14.7. The second-order valence-electron chi connectivity index (χ2n) is 3.92. The summed E-state index contributed by atoms with van der Waals surface area (Å²) in [6.45, 7) is 0.0203. The molecule has 7 heteroatoms. The monoisotopic (exact) mass is 281 g/mol. The van der Waals surface area contributed by atoms with E-state index in [1.54, 1.807) is 6.07 Å². The van der Waals surface area contributed by atoms with Gasteiger partial charge in [0.05, 0.1) is 19.3 Å². The molecule has 0 unspecified atom stereocenters. The number of rotatable bonds is 5. The van der Waals surface area contributed by atoms with Crippen LogP contribution in [0.2, 0.25) is 0 Å². The minimum absolute atomic E-state index is 0.0203. The third kappa shape index (κ3) is 2.48. The molecule has 0 bridgehead atoms. The van der Waals surface area contributed by atoms with Crippen LogP contribution in [-0.4, -0.2) is 30.5 Å². The Bertz CT molecular complexity index is 638. The minimum atomic E-state index is -1.27. The number of aromatic carboxylic acids is 1. The lowest BCUT2D eigenvalue weighted by atomic mass is 10.1. The summed E-state index contributed by atoms with van der Waals surface area (Å²) < 4.78 is 29.0. The lowest BCUT2D eigenvalue weighted by Crippen LogP contribution is -2.00. The fourth-order valence-corrected chi connectivity index (χ4v) is 1.77. The van der Waals surface area contributed by atoms with Crippen LogP contribution < -0.4 is 4.74 Å². The van der Waals surface area contributed by atoms with E-state index in [4.69, 9.17) is 14.6 Å². The summed E-state index contributed by atoms with van der Waals surface area (Å²) in [7, 11) is 2.86. The van der Waals surface area contributed by atoms with E-state index < -0.39 is 11.8 Å². The van der Waals surface area contributed by atoms with Crippen molar-refractivity contribution in [3.05, 3.63) is 35.3 Å². The first-order valence-corrected chi connectivity index (χ1v) is 5.63. The number of halogens is 1. The van der Waals surface area contributed by atoms with Crippen molar-refractivity contribution in [1.82, 2.24) is 5.16 Å². The Hall–Kier alpha value is -2.41. The average molecular weight is 281 g/mol. The van der Waals surface area contributed by atoms with Gasteiger partial charge in [0.15, 0.2) is 0 Å². The number of aromatic nitrogens is 1. The molecule has 0 spiro atoms. The third-order valence-electron chi connectivity index (χ3n) is 2.71. The highest BCUT2D eigenvalue weighted by molar-refractivity contribution is 5.85. The number of carboxylic acid groups (broad SMARTS) is 1. The van der Waals surface area contributed by atoms with Crippen LogP contribution in [0.25, 0.3) is 11.3 Å². The molecule has 0 saturated heterocycles. The fourth-order valence-electron chi connectivity index (χ4n) is 1.77. The smallest absolute Gasteiger partial charge is 0.374 e. The van der Waals surface area contributed by atoms with E-state index in [0.717, 1.165) is 6.07 Å². The Morgan fingerprint density at radius 2 is 2.20 bits per heavy atom. The van der Waals surface area contributed by atoms with Crippen molar-refractivity contribution in [3.63, 3.8) is 0 Å². The molecule has 0 fully saturated rings. The molecule has 0 amide bonds. The van der Waals surface area contributed by atoms with Crippen molar-refractivity contribution in [2.45, 2.75) is 6.61 Å². The minimum Gasteiger partial charge on any atom is -0.496 e. The van der Waals surface area contributed by atoms with Gasteiger partial charge in [-0.25, -0.2) is 9.18 Å². The van der Waals surface area contributed by atoms with Crippen LogP contribution in [0.4, 0.5) is 4.39 Å². The van der Waals surface area contributed by atoms with E-state index in [2.05, 4.69) is 9.68 Å². The SMILES string of the molecule is COCc1c(OC)ccc(-c2cc(C(=O)O)on2)c1F. The van der Waals surface area contributed by atoms with E-state index in [0.29, 0.717) is 5.75 Å². The molecule has 2 rings (SSSR count). The molecule has 6 nitrogen and oxygen atoms in total. The van der Waals surface area contributed by atoms with Gasteiger partial charge in [0.2, 0.25) is 5.76 Å². The second-order valence-corrected chi connectivity index (χ2v) is 3.92. The molecule has 0 aliphatic carbocycles. The Labute approximate surface area is 113 Å². The van der Waals surface area contributed by atoms with Crippen molar-refractivity contribution in [1.29, 1.82) is 0 Å². The molecule has 0 aliphatic heterocycles. The molecule has 1 N–H and O–H groups in total. The summed E-state index contributed by atoms with van der Waals surface area (Å²) in [6, 6.07) is 4.16. The highest BCUT2D eigenvalue weighted by atomic mass is 19.1. The normalized spacial score (nSPS) is 10.6. The molecule has 0 aliphatic rings. The topological polar surface area (TPSA) is 81.8 Å². The highest BCUT2D eigenvalue weighted by Crippen LogP contribution is 2.31. The number of benzene rings is 1. The molecule has 2 aromatic rings. The van der Waals surface area contributed by atoms with E-state index >= 15 is 0 Å². The predicted molar refractivity (Wildman–Crippen MR) is 66.1 cm³/mol. The Morgan fingerprint density at radius 3 is 2.75 bits per heavy atom. The van der Waals surface area contributed by atoms with Gasteiger partial charge in [-0.05, 0) is 12.1 Å². The maximum absolute atomic E-state index is 14.4. The van der Waals surface area contributed by atoms with E-state index in [1.165, 1.54) is 20.3 Å². The van der Waals surface area contributed by atoms with Gasteiger partial charge in [0.25, 0.3) is 0 Å². The number of methoxy groups -OCH3 is 2. The molecule has 1 aromatic heterocycles. The van der Waals surface area contributed by atoms with Crippen molar-refractivity contribution in [2.24, 2.45) is 0 Å². The van der Waals surface area contributed by atoms with Crippen LogP contribution in [0.3, 0.4) is 0 Å². The molecule has 20 heavy (non-hydrogen) atoms. The summed E-state index contributed by atoms with van der Waals surface area (Å²) in [6.07, 6.45) is 0. The largest absolute Gasteiger partial charge is 0.496 e. The number of carboxylic acids is 1. The fraction of sp³-hybridized carbons (Fsp3) is 0.231. The lowest BCUT2D eigenvalue weighted by molar-refractivity contribution is 0.0652. The zero-order valence-electron chi connectivity index (χ0n) is 10.8. The van der Waals surface area contributed by atoms with Crippen LogP contribution in [0.15, 0.2) is 22.7 Å². The van der Waals surface area contributed by atoms with Gasteiger partial charge in [0, 0.05) is 18.7 Å². The van der Waals surface area contributed by atoms with Crippen LogP contribution in [0.1, 0.15) is 16.1 Å². The van der Waals surface area contributed by atoms with Crippen molar-refractivity contribution in [3.8, 4) is 17.0 Å². The molecular weight excluding hydrogens is 269 g/mol. The Morgan fingerprint density at radius 1 is 1.45 bits per heavy atom. The molecule has 0 radical (unpaired) electrons. The maximum atomic E-state index is 14.4. The molecule has 1 heterocycles. The van der Waals surface area contributed by atoms with Crippen molar-refractivity contribution in [2.75, 3.05) is 14.2 Å². The van der Waals surface area contributed by atoms with Gasteiger partial charge < -0.3 is 19.1 Å². The lowest BCUT2D eigenvalue weighted by Gasteiger charge is -2.11. The first-order chi connectivity index (χ1) is 9.58. The molecule has 106 valence electrons. The number of hydrogen-bond acceptors (Lipinski definition) is 5. The first-order valence-electron chi connectivity index (χ1n) is 5.63. The molecule has 1 aromatic carbocycles. The summed E-state index contributed by atoms with van der Waals surface area (Å²) in [4.78, 5) is 10.7. The molecular formula is C13H12FNO5. The summed E-state index contributed by atoms with van der Waals surface area (Å²) in [5.74, 6) is -1.87. The van der Waals surface area contributed by atoms with Gasteiger partial charge in [-0.15, -0.1) is 0 Å². The van der Waals surface area contributed by atoms with E-state index in [1.807, 2.05) is 0 Å². The van der Waals surface area contributed by atoms with Gasteiger partial charge in [-0.3, -0.25) is 0 Å². The predicted octanol–water partition coefficient (Wildman–Crippen LogP) is 2.33. The maximum Gasteiger partial charge on any atom is 0.374 e. The quantitative estimate of drug-likeness (QED) is 0.905. The van der Waals surface area contributed by atoms with Gasteiger partial charge in [0.1, 0.15) is 17.3 Å². The Kier molecular flexibility index (Phi) is 3.99. The van der Waals surface area contributed by atoms with Gasteiger partial charge >= 0.3 is 5.97 Å². The second kappa shape index (κ2) is 5.70. The Balaban J connectivity index is 2.51. The number of nitrogens with zero attached hydrogens (tertiary/aromatic N) is 1. The van der Waals surface area contributed by atoms with Crippen LogP contribution >= 0.6 is 0 Å². The highest BCUT2D eigenvalue weighted by Gasteiger charge is 2.19. The van der Waals surface area contributed by atoms with Crippen molar-refractivity contribution >= 4 is 5.97 Å². The first kappa shape index (κ1) is 14.0. The third-order valence-corrected chi connectivity index (χ3v) is 2.71. The van der Waals surface area contributed by atoms with Crippen molar-refractivity contribution < 1.29 is 28.3 Å². The standard InChI is InChI=1S/C13H12FNO5/c1-18-6-8-10(19-2)4-3-7(12(8)14)9-5-11(13(16)17)20-15-9/h3-5H,6H2,1-2H3,(H,16,17).